The average molecular weight is 327 g/mol. The molecule has 5 heteroatoms. The van der Waals surface area contributed by atoms with Gasteiger partial charge in [0.15, 0.2) is 5.96 Å². The second-order valence-electron chi connectivity index (χ2n) is 6.57. The second-order valence-corrected chi connectivity index (χ2v) is 6.57. The van der Waals surface area contributed by atoms with Crippen LogP contribution in [0.15, 0.2) is 4.99 Å². The minimum atomic E-state index is 0.629. The lowest BCUT2D eigenvalue weighted by atomic mass is 10.3. The van der Waals surface area contributed by atoms with Gasteiger partial charge in [-0.05, 0) is 46.5 Å². The molecule has 136 valence electrons. The van der Waals surface area contributed by atoms with Gasteiger partial charge in [-0.1, -0.05) is 13.3 Å². The van der Waals surface area contributed by atoms with Gasteiger partial charge in [0, 0.05) is 51.5 Å². The van der Waals surface area contributed by atoms with Gasteiger partial charge < -0.3 is 15.4 Å². The molecule has 0 aromatic carbocycles. The molecule has 2 N–H and O–H groups in total. The minimum absolute atomic E-state index is 0.629. The lowest BCUT2D eigenvalue weighted by Crippen LogP contribution is -2.44. The molecule has 0 radical (unpaired) electrons. The standard InChI is InChI=1S/C18H38N4O/c1-5-7-14-23-15-8-11-20-18(19-6-2)21-12-13-22(16(3)4)17-9-10-17/h16-17H,5-15H2,1-4H3,(H2,19,20,21). The number of nitrogens with one attached hydrogen (secondary N) is 2. The molecule has 1 aliphatic carbocycles. The Morgan fingerprint density at radius 1 is 1.17 bits per heavy atom. The van der Waals surface area contributed by atoms with E-state index in [2.05, 4.69) is 48.2 Å². The van der Waals surface area contributed by atoms with E-state index in [1.54, 1.807) is 0 Å². The van der Waals surface area contributed by atoms with Crippen molar-refractivity contribution in [3.8, 4) is 0 Å². The van der Waals surface area contributed by atoms with E-state index in [1.807, 2.05) is 0 Å². The van der Waals surface area contributed by atoms with Gasteiger partial charge in [0.2, 0.25) is 0 Å². The quantitative estimate of drug-likeness (QED) is 0.310. The topological polar surface area (TPSA) is 48.9 Å². The van der Waals surface area contributed by atoms with Crippen LogP contribution in [0.4, 0.5) is 0 Å². The fourth-order valence-corrected chi connectivity index (χ4v) is 2.62. The van der Waals surface area contributed by atoms with Crippen LogP contribution < -0.4 is 10.6 Å². The highest BCUT2D eigenvalue weighted by Crippen LogP contribution is 2.27. The van der Waals surface area contributed by atoms with E-state index < -0.39 is 0 Å². The normalized spacial score (nSPS) is 15.5. The van der Waals surface area contributed by atoms with Crippen LogP contribution in [0.5, 0.6) is 0 Å². The number of guanidine groups is 1. The maximum absolute atomic E-state index is 5.57. The van der Waals surface area contributed by atoms with Crippen molar-refractivity contribution < 1.29 is 4.74 Å². The monoisotopic (exact) mass is 326 g/mol. The summed E-state index contributed by atoms with van der Waals surface area (Å²) in [7, 11) is 0. The summed E-state index contributed by atoms with van der Waals surface area (Å²) in [6.07, 6.45) is 6.07. The van der Waals surface area contributed by atoms with Gasteiger partial charge >= 0.3 is 0 Å². The summed E-state index contributed by atoms with van der Waals surface area (Å²) in [5.41, 5.74) is 0. The number of hydrogen-bond acceptors (Lipinski definition) is 3. The number of unbranched alkanes of at least 4 members (excludes halogenated alkanes) is 1. The third-order valence-electron chi connectivity index (χ3n) is 4.04. The Morgan fingerprint density at radius 2 is 1.91 bits per heavy atom. The fourth-order valence-electron chi connectivity index (χ4n) is 2.62. The summed E-state index contributed by atoms with van der Waals surface area (Å²) in [6.45, 7) is 14.3. The minimum Gasteiger partial charge on any atom is -0.381 e. The van der Waals surface area contributed by atoms with Crippen molar-refractivity contribution in [1.82, 2.24) is 15.5 Å². The highest BCUT2D eigenvalue weighted by atomic mass is 16.5. The van der Waals surface area contributed by atoms with Crippen molar-refractivity contribution in [2.24, 2.45) is 4.99 Å². The van der Waals surface area contributed by atoms with Crippen LogP contribution in [0.25, 0.3) is 0 Å². The third-order valence-corrected chi connectivity index (χ3v) is 4.04. The van der Waals surface area contributed by atoms with Crippen LogP contribution in [0.3, 0.4) is 0 Å². The Balaban J connectivity index is 2.18. The van der Waals surface area contributed by atoms with Crippen LogP contribution >= 0.6 is 0 Å². The van der Waals surface area contributed by atoms with Crippen molar-refractivity contribution in [3.05, 3.63) is 0 Å². The molecule has 0 amide bonds. The van der Waals surface area contributed by atoms with Gasteiger partial charge in [-0.25, -0.2) is 0 Å². The first-order chi connectivity index (χ1) is 11.2. The summed E-state index contributed by atoms with van der Waals surface area (Å²) in [5, 5.41) is 6.78. The van der Waals surface area contributed by atoms with Gasteiger partial charge in [-0.3, -0.25) is 9.89 Å². The maximum atomic E-state index is 5.57. The summed E-state index contributed by atoms with van der Waals surface area (Å²) in [6, 6.07) is 1.45. The molecule has 0 spiro atoms. The van der Waals surface area contributed by atoms with Gasteiger partial charge in [0.25, 0.3) is 0 Å². The van der Waals surface area contributed by atoms with Crippen LogP contribution in [-0.2, 0) is 4.74 Å². The SMILES string of the molecule is CCCCOCCCN=C(NCC)NCCN(C(C)C)C1CC1. The third kappa shape index (κ3) is 9.82. The number of ether oxygens (including phenoxy) is 1. The number of hydrogen-bond donors (Lipinski definition) is 2. The molecule has 0 heterocycles. The van der Waals surface area contributed by atoms with Crippen LogP contribution in [-0.4, -0.2) is 62.3 Å². The van der Waals surface area contributed by atoms with E-state index >= 15 is 0 Å². The van der Waals surface area contributed by atoms with Gasteiger partial charge in [0.1, 0.15) is 0 Å². The Hall–Kier alpha value is -0.810. The molecular weight excluding hydrogens is 288 g/mol. The van der Waals surface area contributed by atoms with E-state index in [1.165, 1.54) is 19.3 Å². The highest BCUT2D eigenvalue weighted by Gasteiger charge is 2.29. The van der Waals surface area contributed by atoms with Crippen LogP contribution in [0.1, 0.15) is 59.8 Å². The number of nitrogens with zero attached hydrogens (tertiary/aromatic N) is 2. The Kier molecular flexibility index (Phi) is 11.1. The van der Waals surface area contributed by atoms with Crippen molar-refractivity contribution >= 4 is 5.96 Å². The zero-order chi connectivity index (χ0) is 16.9. The molecule has 1 aliphatic rings. The smallest absolute Gasteiger partial charge is 0.191 e. The molecule has 0 aliphatic heterocycles. The summed E-state index contributed by atoms with van der Waals surface area (Å²) < 4.78 is 5.57. The summed E-state index contributed by atoms with van der Waals surface area (Å²) >= 11 is 0. The number of aliphatic imine (C=N–C) groups is 1. The molecule has 23 heavy (non-hydrogen) atoms. The van der Waals surface area contributed by atoms with Crippen molar-refractivity contribution in [1.29, 1.82) is 0 Å². The Labute approximate surface area is 143 Å². The lowest BCUT2D eigenvalue weighted by molar-refractivity contribution is 0.130. The zero-order valence-corrected chi connectivity index (χ0v) is 15.7. The predicted octanol–water partition coefficient (Wildman–Crippen LogP) is 2.62. The van der Waals surface area contributed by atoms with E-state index in [0.717, 1.165) is 64.2 Å². The molecule has 1 fully saturated rings. The molecule has 1 rings (SSSR count). The summed E-state index contributed by atoms with van der Waals surface area (Å²) in [4.78, 5) is 7.22. The molecule has 5 nitrogen and oxygen atoms in total. The first-order valence-electron chi connectivity index (χ1n) is 9.54. The zero-order valence-electron chi connectivity index (χ0n) is 15.7. The Bertz CT molecular complexity index is 314. The molecule has 0 bridgehead atoms. The predicted molar refractivity (Wildman–Crippen MR) is 99.2 cm³/mol. The van der Waals surface area contributed by atoms with Crippen LogP contribution in [0.2, 0.25) is 0 Å². The number of rotatable bonds is 13. The molecule has 0 aromatic rings. The molecule has 0 saturated heterocycles. The highest BCUT2D eigenvalue weighted by molar-refractivity contribution is 5.79. The largest absolute Gasteiger partial charge is 0.381 e. The average Bonchev–Trinajstić information content (AvgIpc) is 3.34. The molecule has 0 aromatic heterocycles. The summed E-state index contributed by atoms with van der Waals surface area (Å²) in [5.74, 6) is 0.931. The molecule has 0 unspecified atom stereocenters. The Morgan fingerprint density at radius 3 is 2.52 bits per heavy atom. The van der Waals surface area contributed by atoms with E-state index in [9.17, 15) is 0 Å². The molecular formula is C18H38N4O. The first kappa shape index (κ1) is 20.2. The van der Waals surface area contributed by atoms with Gasteiger partial charge in [-0.2, -0.15) is 0 Å². The van der Waals surface area contributed by atoms with Crippen molar-refractivity contribution in [2.45, 2.75) is 71.9 Å². The van der Waals surface area contributed by atoms with Crippen molar-refractivity contribution in [3.63, 3.8) is 0 Å². The fraction of sp³-hybridized carbons (Fsp3) is 0.944. The maximum Gasteiger partial charge on any atom is 0.191 e. The van der Waals surface area contributed by atoms with E-state index in [0.29, 0.717) is 6.04 Å². The van der Waals surface area contributed by atoms with E-state index in [4.69, 9.17) is 4.74 Å². The van der Waals surface area contributed by atoms with Crippen molar-refractivity contribution in [2.75, 3.05) is 39.4 Å². The van der Waals surface area contributed by atoms with E-state index in [-0.39, 0.29) is 0 Å². The second kappa shape index (κ2) is 12.6. The first-order valence-corrected chi connectivity index (χ1v) is 9.54. The van der Waals surface area contributed by atoms with Gasteiger partial charge in [-0.15, -0.1) is 0 Å². The molecule has 1 saturated carbocycles. The lowest BCUT2D eigenvalue weighted by Gasteiger charge is -2.26. The van der Waals surface area contributed by atoms with Gasteiger partial charge in [0.05, 0.1) is 0 Å². The molecule has 0 atom stereocenters. The van der Waals surface area contributed by atoms with Crippen LogP contribution in [0, 0.1) is 0 Å².